The standard InChI is InChI=1S/C45H53BrN4O8/c1-8-25-16-26-20-44(41(52)56-6,37-30(23-49(21-25)22-26)29-17-28(46)10-11-33(29)47-37)32-18-31-34(19-35(32)55-5)48(4)40-43(31)13-15-50-14-12-27(9-2)36(38(43)50)39(58-24(3)51)45(40,54)42(53)57-7/h10-12,16-19,26,36,38-40,47,54H,8-9,13-15,20-23H2,1-7H3/t26-,36?,38+,39-,40-,43-,44+,45-/m1/s1. The molecule has 58 heavy (non-hydrogen) atoms. The molecule has 6 aliphatic rings. The number of aromatic amines is 1. The summed E-state index contributed by atoms with van der Waals surface area (Å²) in [6.07, 6.45) is 5.90. The number of H-pyrrole nitrogens is 1. The van der Waals surface area contributed by atoms with Crippen molar-refractivity contribution in [2.75, 3.05) is 59.5 Å². The van der Waals surface area contributed by atoms with E-state index in [1.165, 1.54) is 26.7 Å². The molecule has 2 bridgehead atoms. The van der Waals surface area contributed by atoms with Gasteiger partial charge in [0.2, 0.25) is 5.60 Å². The summed E-state index contributed by atoms with van der Waals surface area (Å²) in [6.45, 7) is 9.21. The van der Waals surface area contributed by atoms with Crippen LogP contribution in [0.25, 0.3) is 10.9 Å². The molecule has 2 aromatic carbocycles. The average Bonchev–Trinajstić information content (AvgIpc) is 3.86. The molecule has 13 heteroatoms. The number of likely N-dealkylation sites (N-methyl/N-ethyl adjacent to an activating group) is 1. The molecular weight excluding hydrogens is 804 g/mol. The van der Waals surface area contributed by atoms with E-state index >= 15 is 4.79 Å². The Kier molecular flexibility index (Phi) is 9.46. The third kappa shape index (κ3) is 5.18. The molecule has 1 aliphatic carbocycles. The van der Waals surface area contributed by atoms with E-state index in [1.54, 1.807) is 7.11 Å². The molecule has 9 atom stereocenters. The van der Waals surface area contributed by atoms with E-state index < -0.39 is 52.4 Å². The van der Waals surface area contributed by atoms with E-state index in [0.717, 1.165) is 63.0 Å². The number of nitrogens with one attached hydrogen (secondary N) is 1. The zero-order valence-electron chi connectivity index (χ0n) is 34.3. The van der Waals surface area contributed by atoms with Gasteiger partial charge in [0.05, 0.1) is 27.4 Å². The number of benzene rings is 2. The van der Waals surface area contributed by atoms with Crippen molar-refractivity contribution in [3.05, 3.63) is 80.5 Å². The normalized spacial score (nSPS) is 33.4. The molecule has 2 unspecified atom stereocenters. The van der Waals surface area contributed by atoms with E-state index in [0.29, 0.717) is 50.2 Å². The molecule has 5 aliphatic heterocycles. The van der Waals surface area contributed by atoms with Crippen LogP contribution in [0.15, 0.2) is 58.1 Å². The Hall–Kier alpha value is -4.17. The van der Waals surface area contributed by atoms with Crippen LogP contribution < -0.4 is 9.64 Å². The van der Waals surface area contributed by atoms with Gasteiger partial charge in [-0.1, -0.05) is 53.1 Å². The summed E-state index contributed by atoms with van der Waals surface area (Å²) in [7, 11) is 6.22. The molecule has 1 saturated heterocycles. The van der Waals surface area contributed by atoms with Crippen LogP contribution in [0.1, 0.15) is 68.8 Å². The number of esters is 3. The zero-order valence-corrected chi connectivity index (χ0v) is 35.9. The number of anilines is 1. The van der Waals surface area contributed by atoms with E-state index in [9.17, 15) is 14.7 Å². The van der Waals surface area contributed by atoms with Crippen molar-refractivity contribution in [1.29, 1.82) is 0 Å². The van der Waals surface area contributed by atoms with E-state index in [2.05, 4.69) is 68.8 Å². The van der Waals surface area contributed by atoms with Gasteiger partial charge in [-0.3, -0.25) is 19.4 Å². The van der Waals surface area contributed by atoms with Crippen LogP contribution in [0.4, 0.5) is 5.69 Å². The number of rotatable bonds is 7. The second-order valence-electron chi connectivity index (χ2n) is 17.2. The molecule has 0 amide bonds. The number of nitrogens with zero attached hydrogens (tertiary/aromatic N) is 3. The predicted octanol–water partition coefficient (Wildman–Crippen LogP) is 5.52. The van der Waals surface area contributed by atoms with Crippen molar-refractivity contribution in [1.82, 2.24) is 14.8 Å². The van der Waals surface area contributed by atoms with Gasteiger partial charge in [-0.2, -0.15) is 0 Å². The maximum atomic E-state index is 15.2. The van der Waals surface area contributed by atoms with Gasteiger partial charge in [0.25, 0.3) is 0 Å². The van der Waals surface area contributed by atoms with E-state index in [4.69, 9.17) is 18.9 Å². The lowest BCUT2D eigenvalue weighted by Crippen LogP contribution is -2.78. The van der Waals surface area contributed by atoms with Crippen molar-refractivity contribution >= 4 is 50.4 Å². The number of halogens is 1. The Morgan fingerprint density at radius 3 is 2.48 bits per heavy atom. The average molecular weight is 858 g/mol. The molecule has 1 saturated carbocycles. The fourth-order valence-electron chi connectivity index (χ4n) is 12.6. The minimum absolute atomic E-state index is 0.0196. The highest BCUT2D eigenvalue weighted by Gasteiger charge is 2.77. The third-order valence-electron chi connectivity index (χ3n) is 14.6. The summed E-state index contributed by atoms with van der Waals surface area (Å²) in [4.78, 5) is 53.1. The fourth-order valence-corrected chi connectivity index (χ4v) is 13.0. The largest absolute Gasteiger partial charge is 0.496 e. The first-order valence-electron chi connectivity index (χ1n) is 20.5. The van der Waals surface area contributed by atoms with Crippen molar-refractivity contribution in [3.8, 4) is 5.75 Å². The van der Waals surface area contributed by atoms with Gasteiger partial charge >= 0.3 is 17.9 Å². The van der Waals surface area contributed by atoms with Crippen LogP contribution in [0.5, 0.6) is 5.75 Å². The number of methoxy groups -OCH3 is 3. The molecule has 0 radical (unpaired) electrons. The molecule has 6 heterocycles. The quantitative estimate of drug-likeness (QED) is 0.177. The van der Waals surface area contributed by atoms with Crippen molar-refractivity contribution in [2.45, 2.75) is 87.6 Å². The number of carbonyl (C=O) groups excluding carboxylic acids is 3. The number of aromatic nitrogens is 1. The Labute approximate surface area is 347 Å². The minimum atomic E-state index is -2.25. The van der Waals surface area contributed by atoms with Gasteiger partial charge < -0.3 is 33.9 Å². The lowest BCUT2D eigenvalue weighted by atomic mass is 9.52. The van der Waals surface area contributed by atoms with Gasteiger partial charge in [0, 0.05) is 95.9 Å². The highest BCUT2D eigenvalue weighted by Crippen LogP contribution is 2.65. The minimum Gasteiger partial charge on any atom is -0.496 e. The Balaban J connectivity index is 1.36. The lowest BCUT2D eigenvalue weighted by Gasteiger charge is -2.59. The molecular formula is C45H53BrN4O8. The molecule has 9 rings (SSSR count). The summed E-state index contributed by atoms with van der Waals surface area (Å²) in [5.74, 6) is -1.82. The van der Waals surface area contributed by atoms with Crippen LogP contribution in [0, 0.1) is 11.8 Å². The second kappa shape index (κ2) is 14.0. The number of ether oxygens (including phenoxy) is 4. The maximum absolute atomic E-state index is 15.2. The highest BCUT2D eigenvalue weighted by molar-refractivity contribution is 9.10. The first-order valence-corrected chi connectivity index (χ1v) is 21.3. The molecule has 3 aromatic rings. The Bertz CT molecular complexity index is 2300. The summed E-state index contributed by atoms with van der Waals surface area (Å²) < 4.78 is 24.8. The summed E-state index contributed by atoms with van der Waals surface area (Å²) >= 11 is 3.72. The molecule has 1 aromatic heterocycles. The first kappa shape index (κ1) is 39.3. The van der Waals surface area contributed by atoms with Gasteiger partial charge in [0.1, 0.15) is 11.2 Å². The second-order valence-corrected chi connectivity index (χ2v) is 18.1. The van der Waals surface area contributed by atoms with Crippen molar-refractivity contribution in [2.24, 2.45) is 11.8 Å². The number of hydrogen-bond acceptors (Lipinski definition) is 11. The van der Waals surface area contributed by atoms with Crippen LogP contribution in [-0.4, -0.2) is 116 Å². The number of fused-ring (bicyclic) bond motifs is 6. The maximum Gasteiger partial charge on any atom is 0.344 e. The summed E-state index contributed by atoms with van der Waals surface area (Å²) in [5, 5.41) is 14.3. The molecule has 308 valence electrons. The summed E-state index contributed by atoms with van der Waals surface area (Å²) in [5.41, 5.74) is 2.99. The number of hydrogen-bond donors (Lipinski definition) is 2. The van der Waals surface area contributed by atoms with Gasteiger partial charge in [-0.25, -0.2) is 4.79 Å². The fraction of sp³-hybridized carbons (Fsp3) is 0.533. The topological polar surface area (TPSA) is 134 Å². The lowest BCUT2D eigenvalue weighted by molar-refractivity contribution is -0.212. The third-order valence-corrected chi connectivity index (χ3v) is 15.1. The van der Waals surface area contributed by atoms with Gasteiger partial charge in [0.15, 0.2) is 6.10 Å². The first-order chi connectivity index (χ1) is 27.8. The highest BCUT2D eigenvalue weighted by atomic mass is 79.9. The van der Waals surface area contributed by atoms with E-state index in [-0.39, 0.29) is 12.0 Å². The van der Waals surface area contributed by atoms with Crippen LogP contribution in [0.2, 0.25) is 0 Å². The number of carbonyl (C=O) groups is 3. The van der Waals surface area contributed by atoms with Crippen LogP contribution >= 0.6 is 15.9 Å². The summed E-state index contributed by atoms with van der Waals surface area (Å²) in [6, 6.07) is 9.15. The van der Waals surface area contributed by atoms with E-state index in [1.807, 2.05) is 30.1 Å². The van der Waals surface area contributed by atoms with Crippen molar-refractivity contribution in [3.63, 3.8) is 0 Å². The number of aliphatic hydroxyl groups is 1. The monoisotopic (exact) mass is 856 g/mol. The zero-order chi connectivity index (χ0) is 41.1. The van der Waals surface area contributed by atoms with Crippen LogP contribution in [0.3, 0.4) is 0 Å². The molecule has 1 spiro atoms. The van der Waals surface area contributed by atoms with Gasteiger partial charge in [-0.05, 0) is 73.5 Å². The van der Waals surface area contributed by atoms with Crippen molar-refractivity contribution < 1.29 is 38.4 Å². The molecule has 2 fully saturated rings. The predicted molar refractivity (Wildman–Crippen MR) is 222 cm³/mol. The Morgan fingerprint density at radius 1 is 1.02 bits per heavy atom. The smallest absolute Gasteiger partial charge is 0.344 e. The SMILES string of the molecule is CCC1=C[C@H]2CN(C1)Cc1c([nH]c3ccc(Br)cc13)[C@@](C(=O)OC)(c1cc3c(cc1OC)N(C)[C@H]1[C@@](O)(C(=O)OC)[C@H](OC(C)=O)C4C(CC)=CCN5CC[C@]31[C@H]45)C2. The van der Waals surface area contributed by atoms with Crippen LogP contribution in [-0.2, 0) is 46.0 Å². The molecule has 2 N–H and O–H groups in total. The Morgan fingerprint density at radius 2 is 1.79 bits per heavy atom. The molecule has 12 nitrogen and oxygen atoms in total. The van der Waals surface area contributed by atoms with Gasteiger partial charge in [-0.15, -0.1) is 0 Å².